The number of rotatable bonds is 2. The molecule has 1 aliphatic heterocycles. The number of halogens is 1. The molecule has 2 heterocycles. The lowest BCUT2D eigenvalue weighted by molar-refractivity contribution is -0.133. The van der Waals surface area contributed by atoms with Crippen molar-refractivity contribution in [1.82, 2.24) is 4.98 Å². The highest BCUT2D eigenvalue weighted by Crippen LogP contribution is 2.24. The fourth-order valence-electron chi connectivity index (χ4n) is 1.53. The highest BCUT2D eigenvalue weighted by atomic mass is 79.9. The van der Waals surface area contributed by atoms with Crippen LogP contribution in [0, 0.1) is 0 Å². The summed E-state index contributed by atoms with van der Waals surface area (Å²) in [6.07, 6.45) is -0.559. The van der Waals surface area contributed by atoms with Gasteiger partial charge in [-0.1, -0.05) is 6.07 Å². The second kappa shape index (κ2) is 4.24. The van der Waals surface area contributed by atoms with E-state index >= 15 is 0 Å². The first-order valence-electron chi connectivity index (χ1n) is 4.96. The number of carbonyl (C=O) groups is 1. The standard InChI is InChI=1S/C11H12BrNO3/c1-11(2)15-6-8(16-11)10(14)7-4-3-5-9(12)13-7/h3-5,8H,6H2,1-2H3/t8-/m1/s1. The van der Waals surface area contributed by atoms with Crippen molar-refractivity contribution < 1.29 is 14.3 Å². The van der Waals surface area contributed by atoms with Crippen LogP contribution in [0.15, 0.2) is 22.8 Å². The molecule has 0 amide bonds. The van der Waals surface area contributed by atoms with E-state index in [2.05, 4.69) is 20.9 Å². The van der Waals surface area contributed by atoms with E-state index in [1.54, 1.807) is 32.0 Å². The zero-order chi connectivity index (χ0) is 11.8. The van der Waals surface area contributed by atoms with Crippen LogP contribution in [-0.4, -0.2) is 29.3 Å². The zero-order valence-electron chi connectivity index (χ0n) is 9.07. The van der Waals surface area contributed by atoms with Crippen LogP contribution in [0.5, 0.6) is 0 Å². The highest BCUT2D eigenvalue weighted by molar-refractivity contribution is 9.10. The predicted octanol–water partition coefficient (Wildman–Crippen LogP) is 2.18. The van der Waals surface area contributed by atoms with Crippen LogP contribution in [0.1, 0.15) is 24.3 Å². The number of hydrogen-bond acceptors (Lipinski definition) is 4. The number of carbonyl (C=O) groups excluding carboxylic acids is 1. The average Bonchev–Trinajstić information content (AvgIpc) is 2.58. The third-order valence-electron chi connectivity index (χ3n) is 2.27. The van der Waals surface area contributed by atoms with Gasteiger partial charge in [-0.2, -0.15) is 0 Å². The summed E-state index contributed by atoms with van der Waals surface area (Å²) in [5.74, 6) is -0.835. The fourth-order valence-corrected chi connectivity index (χ4v) is 1.87. The molecular formula is C11H12BrNO3. The minimum absolute atomic E-state index is 0.146. The maximum Gasteiger partial charge on any atom is 0.212 e. The van der Waals surface area contributed by atoms with Gasteiger partial charge in [0.2, 0.25) is 5.78 Å². The van der Waals surface area contributed by atoms with Crippen molar-refractivity contribution >= 4 is 21.7 Å². The maximum absolute atomic E-state index is 12.0. The molecule has 0 unspecified atom stereocenters. The molecule has 1 fully saturated rings. The van der Waals surface area contributed by atoms with Crippen LogP contribution < -0.4 is 0 Å². The smallest absolute Gasteiger partial charge is 0.212 e. The summed E-state index contributed by atoms with van der Waals surface area (Å²) in [5.41, 5.74) is 0.390. The minimum atomic E-state index is -0.688. The Kier molecular flexibility index (Phi) is 3.10. The molecule has 1 saturated heterocycles. The monoisotopic (exact) mass is 285 g/mol. The van der Waals surface area contributed by atoms with Gasteiger partial charge in [0.15, 0.2) is 5.79 Å². The highest BCUT2D eigenvalue weighted by Gasteiger charge is 2.37. The maximum atomic E-state index is 12.0. The Labute approximate surface area is 102 Å². The molecular weight excluding hydrogens is 274 g/mol. The van der Waals surface area contributed by atoms with Crippen LogP contribution in [0.4, 0.5) is 0 Å². The first kappa shape index (κ1) is 11.7. The van der Waals surface area contributed by atoms with Crippen LogP contribution in [0.3, 0.4) is 0 Å². The van der Waals surface area contributed by atoms with Crippen LogP contribution in [-0.2, 0) is 9.47 Å². The van der Waals surface area contributed by atoms with Crippen molar-refractivity contribution in [3.63, 3.8) is 0 Å². The van der Waals surface area contributed by atoms with Crippen molar-refractivity contribution in [3.8, 4) is 0 Å². The molecule has 1 aromatic rings. The molecule has 2 rings (SSSR count). The lowest BCUT2D eigenvalue weighted by Gasteiger charge is -2.16. The van der Waals surface area contributed by atoms with E-state index in [9.17, 15) is 4.79 Å². The van der Waals surface area contributed by atoms with Crippen molar-refractivity contribution in [3.05, 3.63) is 28.5 Å². The Morgan fingerprint density at radius 3 is 2.88 bits per heavy atom. The van der Waals surface area contributed by atoms with E-state index in [-0.39, 0.29) is 12.4 Å². The number of aromatic nitrogens is 1. The first-order chi connectivity index (χ1) is 7.48. The Balaban J connectivity index is 2.15. The summed E-state index contributed by atoms with van der Waals surface area (Å²) >= 11 is 3.23. The summed E-state index contributed by atoms with van der Waals surface area (Å²) in [6.45, 7) is 3.85. The largest absolute Gasteiger partial charge is 0.347 e. The molecule has 16 heavy (non-hydrogen) atoms. The number of pyridine rings is 1. The van der Waals surface area contributed by atoms with Gasteiger partial charge in [-0.3, -0.25) is 4.79 Å². The minimum Gasteiger partial charge on any atom is -0.347 e. The second-order valence-corrected chi connectivity index (χ2v) is 4.84. The molecule has 0 spiro atoms. The zero-order valence-corrected chi connectivity index (χ0v) is 10.7. The third-order valence-corrected chi connectivity index (χ3v) is 2.71. The van der Waals surface area contributed by atoms with Gasteiger partial charge >= 0.3 is 0 Å². The van der Waals surface area contributed by atoms with Crippen LogP contribution in [0.25, 0.3) is 0 Å². The normalized spacial score (nSPS) is 23.3. The molecule has 4 nitrogen and oxygen atoms in total. The average molecular weight is 286 g/mol. The molecule has 0 radical (unpaired) electrons. The van der Waals surface area contributed by atoms with Gasteiger partial charge in [-0.15, -0.1) is 0 Å². The van der Waals surface area contributed by atoms with Crippen LogP contribution in [0.2, 0.25) is 0 Å². The van der Waals surface area contributed by atoms with Gasteiger partial charge in [-0.25, -0.2) is 4.98 Å². The SMILES string of the molecule is CC1(C)OC[C@H](C(=O)c2cccc(Br)n2)O1. The molecule has 5 heteroatoms. The Hall–Kier alpha value is -0.780. The number of ketones is 1. The van der Waals surface area contributed by atoms with Gasteiger partial charge in [0, 0.05) is 0 Å². The van der Waals surface area contributed by atoms with E-state index < -0.39 is 11.9 Å². The van der Waals surface area contributed by atoms with Crippen molar-refractivity contribution in [2.45, 2.75) is 25.7 Å². The number of Topliss-reactive ketones (excluding diaryl/α,β-unsaturated/α-hetero) is 1. The number of nitrogens with zero attached hydrogens (tertiary/aromatic N) is 1. The number of hydrogen-bond donors (Lipinski definition) is 0. The van der Waals surface area contributed by atoms with E-state index in [4.69, 9.17) is 9.47 Å². The van der Waals surface area contributed by atoms with Crippen molar-refractivity contribution in [2.24, 2.45) is 0 Å². The molecule has 0 aliphatic carbocycles. The van der Waals surface area contributed by atoms with Gasteiger partial charge in [-0.05, 0) is 41.9 Å². The van der Waals surface area contributed by atoms with E-state index in [1.165, 1.54) is 0 Å². The van der Waals surface area contributed by atoms with Crippen molar-refractivity contribution in [2.75, 3.05) is 6.61 Å². The molecule has 1 aromatic heterocycles. The molecule has 0 aromatic carbocycles. The molecule has 0 N–H and O–H groups in total. The van der Waals surface area contributed by atoms with E-state index in [0.29, 0.717) is 10.3 Å². The first-order valence-corrected chi connectivity index (χ1v) is 5.76. The predicted molar refractivity (Wildman–Crippen MR) is 61.2 cm³/mol. The van der Waals surface area contributed by atoms with Gasteiger partial charge in [0.05, 0.1) is 6.61 Å². The lowest BCUT2D eigenvalue weighted by Crippen LogP contribution is -2.27. The molecule has 0 saturated carbocycles. The van der Waals surface area contributed by atoms with Crippen molar-refractivity contribution in [1.29, 1.82) is 0 Å². The molecule has 1 atom stereocenters. The summed E-state index contributed by atoms with van der Waals surface area (Å²) in [5, 5.41) is 0. The van der Waals surface area contributed by atoms with E-state index in [1.807, 2.05) is 0 Å². The summed E-state index contributed by atoms with van der Waals surface area (Å²) < 4.78 is 11.5. The number of ether oxygens (including phenoxy) is 2. The summed E-state index contributed by atoms with van der Waals surface area (Å²) in [6, 6.07) is 5.21. The van der Waals surface area contributed by atoms with Gasteiger partial charge < -0.3 is 9.47 Å². The topological polar surface area (TPSA) is 48.4 Å². The van der Waals surface area contributed by atoms with Gasteiger partial charge in [0.1, 0.15) is 16.4 Å². The molecule has 1 aliphatic rings. The Morgan fingerprint density at radius 1 is 1.56 bits per heavy atom. The fraction of sp³-hybridized carbons (Fsp3) is 0.455. The van der Waals surface area contributed by atoms with Gasteiger partial charge in [0.25, 0.3) is 0 Å². The third kappa shape index (κ3) is 2.48. The summed E-state index contributed by atoms with van der Waals surface area (Å²) in [7, 11) is 0. The quantitative estimate of drug-likeness (QED) is 0.617. The lowest BCUT2D eigenvalue weighted by atomic mass is 10.1. The second-order valence-electron chi connectivity index (χ2n) is 4.03. The Bertz CT molecular complexity index is 419. The summed E-state index contributed by atoms with van der Waals surface area (Å²) in [4.78, 5) is 16.1. The molecule has 86 valence electrons. The Morgan fingerprint density at radius 2 is 2.31 bits per heavy atom. The van der Waals surface area contributed by atoms with E-state index in [0.717, 1.165) is 0 Å². The molecule has 0 bridgehead atoms. The van der Waals surface area contributed by atoms with Crippen LogP contribution >= 0.6 is 15.9 Å².